The third kappa shape index (κ3) is 2.91. The first kappa shape index (κ1) is 15.1. The average Bonchev–Trinajstić information content (AvgIpc) is 2.90. The molecule has 0 bridgehead atoms. The largest absolute Gasteiger partial charge is 0.338 e. The summed E-state index contributed by atoms with van der Waals surface area (Å²) in [5, 5.41) is 17.6. The summed E-state index contributed by atoms with van der Waals surface area (Å²) in [5.41, 5.74) is 1.24. The summed E-state index contributed by atoms with van der Waals surface area (Å²) >= 11 is 5.88. The second-order valence-electron chi connectivity index (χ2n) is 5.20. The van der Waals surface area contributed by atoms with Crippen LogP contribution in [0.4, 0.5) is 11.5 Å². The molecule has 0 fully saturated rings. The lowest BCUT2D eigenvalue weighted by Gasteiger charge is -2.08. The van der Waals surface area contributed by atoms with Crippen LogP contribution in [0.25, 0.3) is 10.9 Å². The highest BCUT2D eigenvalue weighted by molar-refractivity contribution is 6.30. The first-order valence-corrected chi connectivity index (χ1v) is 7.47. The van der Waals surface area contributed by atoms with E-state index in [4.69, 9.17) is 16.9 Å². The minimum absolute atomic E-state index is 0.134. The zero-order chi connectivity index (χ0) is 16.4. The van der Waals surface area contributed by atoms with Gasteiger partial charge in [0.1, 0.15) is 5.39 Å². The van der Waals surface area contributed by atoms with Gasteiger partial charge in [0.05, 0.1) is 24.0 Å². The number of nitrogens with zero attached hydrogens (tertiary/aromatic N) is 3. The molecule has 6 nitrogen and oxygen atoms in total. The lowest BCUT2D eigenvalue weighted by atomic mass is 10.2. The van der Waals surface area contributed by atoms with Gasteiger partial charge in [0.15, 0.2) is 5.82 Å². The van der Waals surface area contributed by atoms with Gasteiger partial charge in [-0.15, -0.1) is 0 Å². The van der Waals surface area contributed by atoms with Gasteiger partial charge in [-0.1, -0.05) is 11.6 Å². The molecule has 0 aliphatic heterocycles. The van der Waals surface area contributed by atoms with Crippen LogP contribution in [-0.4, -0.2) is 14.8 Å². The lowest BCUT2D eigenvalue weighted by Crippen LogP contribution is -2.08. The van der Waals surface area contributed by atoms with E-state index in [1.165, 1.54) is 0 Å². The van der Waals surface area contributed by atoms with E-state index in [0.29, 0.717) is 28.2 Å². The molecule has 2 heterocycles. The van der Waals surface area contributed by atoms with E-state index in [1.807, 2.05) is 19.1 Å². The zero-order valence-electron chi connectivity index (χ0n) is 12.4. The molecular weight excluding hydrogens is 314 g/mol. The van der Waals surface area contributed by atoms with Crippen LogP contribution in [0.3, 0.4) is 0 Å². The Hall–Kier alpha value is -2.78. The van der Waals surface area contributed by atoms with Crippen molar-refractivity contribution in [2.45, 2.75) is 19.4 Å². The number of benzene rings is 1. The van der Waals surface area contributed by atoms with E-state index < -0.39 is 0 Å². The number of hydrogen-bond donors (Lipinski definition) is 2. The highest BCUT2D eigenvalue weighted by Crippen LogP contribution is 2.26. The molecule has 2 aromatic heterocycles. The Balaban J connectivity index is 2.11. The van der Waals surface area contributed by atoms with Gasteiger partial charge in [0, 0.05) is 16.9 Å². The summed E-state index contributed by atoms with van der Waals surface area (Å²) in [6.45, 7) is 1.89. The number of fused-ring (bicyclic) bond motifs is 1. The number of H-pyrrole nitrogens is 1. The lowest BCUT2D eigenvalue weighted by molar-refractivity contribution is 0.518. The summed E-state index contributed by atoms with van der Waals surface area (Å²) in [6, 6.07) is 10.9. The van der Waals surface area contributed by atoms with Crippen molar-refractivity contribution in [1.29, 1.82) is 5.26 Å². The fourth-order valence-electron chi connectivity index (χ4n) is 2.41. The van der Waals surface area contributed by atoms with Gasteiger partial charge in [-0.2, -0.15) is 10.4 Å². The van der Waals surface area contributed by atoms with E-state index >= 15 is 0 Å². The van der Waals surface area contributed by atoms with E-state index in [2.05, 4.69) is 21.5 Å². The van der Waals surface area contributed by atoms with Crippen molar-refractivity contribution in [2.75, 3.05) is 5.32 Å². The molecule has 0 saturated heterocycles. The molecule has 3 aromatic rings. The van der Waals surface area contributed by atoms with Crippen LogP contribution in [0.15, 0.2) is 41.3 Å². The number of rotatable bonds is 4. The smallest absolute Gasteiger partial charge is 0.261 e. The molecule has 0 aliphatic rings. The third-order valence-corrected chi connectivity index (χ3v) is 3.79. The van der Waals surface area contributed by atoms with Crippen molar-refractivity contribution in [2.24, 2.45) is 0 Å². The van der Waals surface area contributed by atoms with Crippen molar-refractivity contribution in [3.05, 3.63) is 51.9 Å². The van der Waals surface area contributed by atoms with Crippen LogP contribution in [0, 0.1) is 11.3 Å². The predicted octanol–water partition coefficient (Wildman–Crippen LogP) is 3.60. The molecule has 2 N–H and O–H groups in total. The van der Waals surface area contributed by atoms with Gasteiger partial charge in [0.2, 0.25) is 0 Å². The Bertz CT molecular complexity index is 936. The van der Waals surface area contributed by atoms with Crippen molar-refractivity contribution in [1.82, 2.24) is 14.8 Å². The summed E-state index contributed by atoms with van der Waals surface area (Å²) in [7, 11) is 0. The maximum Gasteiger partial charge on any atom is 0.261 e. The highest BCUT2D eigenvalue weighted by Gasteiger charge is 2.17. The third-order valence-electron chi connectivity index (χ3n) is 3.54. The number of hydrogen-bond acceptors (Lipinski definition) is 4. The second kappa shape index (κ2) is 6.15. The second-order valence-corrected chi connectivity index (χ2v) is 5.64. The Morgan fingerprint density at radius 2 is 2.13 bits per heavy atom. The van der Waals surface area contributed by atoms with Crippen LogP contribution >= 0.6 is 11.6 Å². The molecule has 116 valence electrons. The molecule has 0 aliphatic carbocycles. The Morgan fingerprint density at radius 1 is 1.39 bits per heavy atom. The van der Waals surface area contributed by atoms with E-state index in [-0.39, 0.29) is 11.6 Å². The number of aromatic amines is 1. The standard InChI is InChI=1S/C16H14ClN5O/c1-10(6-8-18)22-13-7-9-19-16(23)14(13)15(21-22)20-12-4-2-11(17)3-5-12/h2-5,7,9-10H,6H2,1H3,(H,19,23)(H,20,21)/t10-/m1/s1. The summed E-state index contributed by atoms with van der Waals surface area (Å²) < 4.78 is 1.70. The number of nitrogens with one attached hydrogen (secondary N) is 2. The van der Waals surface area contributed by atoms with Crippen LogP contribution in [-0.2, 0) is 0 Å². The predicted molar refractivity (Wildman–Crippen MR) is 90.0 cm³/mol. The number of aromatic nitrogens is 3. The van der Waals surface area contributed by atoms with Crippen LogP contribution in [0.1, 0.15) is 19.4 Å². The van der Waals surface area contributed by atoms with E-state index in [1.54, 1.807) is 29.1 Å². The molecule has 3 rings (SSSR count). The summed E-state index contributed by atoms with van der Waals surface area (Å²) in [5.74, 6) is 0.453. The maximum absolute atomic E-state index is 12.2. The molecule has 0 amide bonds. The molecule has 23 heavy (non-hydrogen) atoms. The minimum atomic E-state index is -0.227. The minimum Gasteiger partial charge on any atom is -0.338 e. The summed E-state index contributed by atoms with van der Waals surface area (Å²) in [6.07, 6.45) is 1.89. The Morgan fingerprint density at radius 3 is 2.83 bits per heavy atom. The molecule has 0 spiro atoms. The molecule has 1 atom stereocenters. The van der Waals surface area contributed by atoms with E-state index in [9.17, 15) is 4.79 Å². The van der Waals surface area contributed by atoms with Crippen molar-refractivity contribution < 1.29 is 0 Å². The highest BCUT2D eigenvalue weighted by atomic mass is 35.5. The van der Waals surface area contributed by atoms with Gasteiger partial charge >= 0.3 is 0 Å². The van der Waals surface area contributed by atoms with Gasteiger partial charge < -0.3 is 10.3 Å². The van der Waals surface area contributed by atoms with Crippen LogP contribution < -0.4 is 10.9 Å². The van der Waals surface area contributed by atoms with Gasteiger partial charge in [-0.05, 0) is 37.3 Å². The Kier molecular flexibility index (Phi) is 4.04. The molecule has 0 radical (unpaired) electrons. The van der Waals surface area contributed by atoms with Crippen molar-refractivity contribution in [3.8, 4) is 6.07 Å². The zero-order valence-corrected chi connectivity index (χ0v) is 13.1. The molecular formula is C16H14ClN5O. The van der Waals surface area contributed by atoms with Gasteiger partial charge in [0.25, 0.3) is 5.56 Å². The fourth-order valence-corrected chi connectivity index (χ4v) is 2.54. The van der Waals surface area contributed by atoms with Gasteiger partial charge in [-0.3, -0.25) is 9.48 Å². The van der Waals surface area contributed by atoms with Crippen LogP contribution in [0.2, 0.25) is 5.02 Å². The fraction of sp³-hybridized carbons (Fsp3) is 0.188. The first-order chi connectivity index (χ1) is 11.1. The monoisotopic (exact) mass is 327 g/mol. The quantitative estimate of drug-likeness (QED) is 0.766. The molecule has 0 unspecified atom stereocenters. The van der Waals surface area contributed by atoms with Gasteiger partial charge in [-0.25, -0.2) is 0 Å². The normalized spacial score (nSPS) is 12.0. The summed E-state index contributed by atoms with van der Waals surface area (Å²) in [4.78, 5) is 14.9. The molecule has 7 heteroatoms. The number of anilines is 2. The SMILES string of the molecule is C[C@H](CC#N)n1nc(Nc2ccc(Cl)cc2)c2c(=O)[nH]ccc21. The number of halogens is 1. The van der Waals surface area contributed by atoms with Crippen molar-refractivity contribution >= 4 is 34.0 Å². The molecule has 0 saturated carbocycles. The van der Waals surface area contributed by atoms with Crippen molar-refractivity contribution in [3.63, 3.8) is 0 Å². The Labute approximate surface area is 137 Å². The topological polar surface area (TPSA) is 86.5 Å². The maximum atomic E-state index is 12.2. The number of nitriles is 1. The van der Waals surface area contributed by atoms with E-state index in [0.717, 1.165) is 5.69 Å². The average molecular weight is 328 g/mol. The number of pyridine rings is 1. The first-order valence-electron chi connectivity index (χ1n) is 7.09. The molecule has 1 aromatic carbocycles. The van der Waals surface area contributed by atoms with Crippen LogP contribution in [0.5, 0.6) is 0 Å².